The standard InChI is InChI=1S/C20H18N2O2/c23-20(24)17-8-4-3-7-16(17)19-12-18(21-22-19)15-10-9-13-5-1-2-6-14(13)11-15/h1-2,5-6,9-12H,3-4,7-8H2,(H,21,22)(H,23,24). The smallest absolute Gasteiger partial charge is 0.331 e. The van der Waals surface area contributed by atoms with Gasteiger partial charge in [-0.2, -0.15) is 5.10 Å². The van der Waals surface area contributed by atoms with E-state index < -0.39 is 5.97 Å². The van der Waals surface area contributed by atoms with Gasteiger partial charge in [0.1, 0.15) is 0 Å². The molecule has 4 rings (SSSR count). The zero-order valence-electron chi connectivity index (χ0n) is 13.2. The third kappa shape index (κ3) is 2.60. The molecule has 0 fully saturated rings. The highest BCUT2D eigenvalue weighted by atomic mass is 16.4. The van der Waals surface area contributed by atoms with Crippen LogP contribution in [0.25, 0.3) is 27.6 Å². The number of nitrogens with one attached hydrogen (secondary N) is 1. The number of carboxylic acids is 1. The molecule has 0 saturated heterocycles. The van der Waals surface area contributed by atoms with E-state index >= 15 is 0 Å². The zero-order chi connectivity index (χ0) is 16.5. The molecular formula is C20H18N2O2. The summed E-state index contributed by atoms with van der Waals surface area (Å²) in [6, 6.07) is 16.4. The Labute approximate surface area is 139 Å². The number of carbonyl (C=O) groups is 1. The first-order valence-electron chi connectivity index (χ1n) is 8.22. The minimum absolute atomic E-state index is 0.523. The number of rotatable bonds is 3. The summed E-state index contributed by atoms with van der Waals surface area (Å²) in [5, 5.41) is 19.2. The van der Waals surface area contributed by atoms with Crippen LogP contribution in [0.5, 0.6) is 0 Å². The van der Waals surface area contributed by atoms with Crippen LogP contribution in [-0.2, 0) is 4.79 Å². The second-order valence-corrected chi connectivity index (χ2v) is 6.20. The van der Waals surface area contributed by atoms with Crippen molar-refractivity contribution < 1.29 is 9.90 Å². The molecule has 1 heterocycles. The van der Waals surface area contributed by atoms with Crippen LogP contribution in [0.1, 0.15) is 31.4 Å². The van der Waals surface area contributed by atoms with Gasteiger partial charge in [-0.1, -0.05) is 36.4 Å². The van der Waals surface area contributed by atoms with Crippen molar-refractivity contribution in [3.63, 3.8) is 0 Å². The fourth-order valence-corrected chi connectivity index (χ4v) is 3.41. The van der Waals surface area contributed by atoms with Gasteiger partial charge in [0.15, 0.2) is 0 Å². The lowest BCUT2D eigenvalue weighted by atomic mass is 9.89. The Balaban J connectivity index is 1.75. The molecule has 4 nitrogen and oxygen atoms in total. The van der Waals surface area contributed by atoms with Crippen molar-refractivity contribution in [3.05, 3.63) is 59.8 Å². The van der Waals surface area contributed by atoms with Gasteiger partial charge in [-0.25, -0.2) is 4.79 Å². The molecule has 120 valence electrons. The lowest BCUT2D eigenvalue weighted by molar-refractivity contribution is -0.132. The Bertz CT molecular complexity index is 953. The van der Waals surface area contributed by atoms with Crippen molar-refractivity contribution in [2.45, 2.75) is 25.7 Å². The molecule has 1 aliphatic carbocycles. The number of H-pyrrole nitrogens is 1. The Morgan fingerprint density at radius 3 is 2.62 bits per heavy atom. The Morgan fingerprint density at radius 1 is 1.00 bits per heavy atom. The molecule has 0 spiro atoms. The fourth-order valence-electron chi connectivity index (χ4n) is 3.41. The molecule has 0 atom stereocenters. The zero-order valence-corrected chi connectivity index (χ0v) is 13.2. The monoisotopic (exact) mass is 318 g/mol. The van der Waals surface area contributed by atoms with Crippen LogP contribution in [-0.4, -0.2) is 21.3 Å². The van der Waals surface area contributed by atoms with E-state index in [-0.39, 0.29) is 0 Å². The third-order valence-electron chi connectivity index (χ3n) is 4.67. The normalized spacial score (nSPS) is 15.0. The Kier molecular flexibility index (Phi) is 3.65. The second-order valence-electron chi connectivity index (χ2n) is 6.20. The van der Waals surface area contributed by atoms with Gasteiger partial charge in [-0.3, -0.25) is 5.10 Å². The topological polar surface area (TPSA) is 66.0 Å². The minimum Gasteiger partial charge on any atom is -0.478 e. The van der Waals surface area contributed by atoms with Crippen LogP contribution in [0, 0.1) is 0 Å². The highest BCUT2D eigenvalue weighted by molar-refractivity contribution is 5.96. The summed E-state index contributed by atoms with van der Waals surface area (Å²) in [5.74, 6) is -0.813. The van der Waals surface area contributed by atoms with Gasteiger partial charge in [0.05, 0.1) is 11.4 Å². The van der Waals surface area contributed by atoms with Gasteiger partial charge >= 0.3 is 5.97 Å². The van der Waals surface area contributed by atoms with E-state index in [1.54, 1.807) is 0 Å². The number of hydrogen-bond donors (Lipinski definition) is 2. The summed E-state index contributed by atoms with van der Waals surface area (Å²) in [6.07, 6.45) is 3.39. The number of allylic oxidation sites excluding steroid dienone is 1. The molecule has 2 N–H and O–H groups in total. The summed E-state index contributed by atoms with van der Waals surface area (Å²) < 4.78 is 0. The largest absolute Gasteiger partial charge is 0.478 e. The number of hydrogen-bond acceptors (Lipinski definition) is 2. The average molecular weight is 318 g/mol. The average Bonchev–Trinajstić information content (AvgIpc) is 3.11. The molecule has 2 aromatic carbocycles. The van der Waals surface area contributed by atoms with Crippen molar-refractivity contribution in [1.29, 1.82) is 0 Å². The van der Waals surface area contributed by atoms with E-state index in [1.807, 2.05) is 18.2 Å². The molecule has 0 radical (unpaired) electrons. The Hall–Kier alpha value is -2.88. The van der Waals surface area contributed by atoms with Crippen LogP contribution in [0.2, 0.25) is 0 Å². The molecule has 24 heavy (non-hydrogen) atoms. The van der Waals surface area contributed by atoms with Crippen LogP contribution in [0.15, 0.2) is 54.1 Å². The molecule has 0 unspecified atom stereocenters. The summed E-state index contributed by atoms with van der Waals surface area (Å²) in [5.41, 5.74) is 4.13. The second kappa shape index (κ2) is 5.96. The maximum Gasteiger partial charge on any atom is 0.331 e. The number of aromatic nitrogens is 2. The van der Waals surface area contributed by atoms with E-state index in [9.17, 15) is 9.90 Å². The van der Waals surface area contributed by atoms with E-state index in [1.165, 1.54) is 10.8 Å². The summed E-state index contributed by atoms with van der Waals surface area (Å²) in [4.78, 5) is 11.5. The minimum atomic E-state index is -0.813. The van der Waals surface area contributed by atoms with Gasteiger partial charge in [0, 0.05) is 11.1 Å². The fraction of sp³-hybridized carbons (Fsp3) is 0.200. The third-order valence-corrected chi connectivity index (χ3v) is 4.67. The first-order valence-corrected chi connectivity index (χ1v) is 8.22. The number of nitrogens with zero attached hydrogens (tertiary/aromatic N) is 1. The number of carboxylic acid groups (broad SMARTS) is 1. The van der Waals surface area contributed by atoms with E-state index in [4.69, 9.17) is 0 Å². The van der Waals surface area contributed by atoms with Crippen LogP contribution in [0.4, 0.5) is 0 Å². The van der Waals surface area contributed by atoms with Crippen molar-refractivity contribution in [3.8, 4) is 11.3 Å². The molecule has 0 saturated carbocycles. The van der Waals surface area contributed by atoms with Crippen LogP contribution >= 0.6 is 0 Å². The lowest BCUT2D eigenvalue weighted by Gasteiger charge is -2.16. The summed E-state index contributed by atoms with van der Waals surface area (Å²) in [6.45, 7) is 0. The number of fused-ring (bicyclic) bond motifs is 1. The van der Waals surface area contributed by atoms with Gasteiger partial charge in [-0.15, -0.1) is 0 Å². The SMILES string of the molecule is O=C(O)C1=C(c2cc(-c3ccc4ccccc4c3)n[nH]2)CCCC1. The van der Waals surface area contributed by atoms with Crippen molar-refractivity contribution in [1.82, 2.24) is 10.2 Å². The van der Waals surface area contributed by atoms with Gasteiger partial charge in [-0.05, 0) is 54.2 Å². The van der Waals surface area contributed by atoms with Crippen LogP contribution < -0.4 is 0 Å². The Morgan fingerprint density at radius 2 is 1.79 bits per heavy atom. The maximum atomic E-state index is 11.5. The molecule has 0 bridgehead atoms. The molecule has 1 aromatic heterocycles. The van der Waals surface area contributed by atoms with Gasteiger partial charge in [0.25, 0.3) is 0 Å². The van der Waals surface area contributed by atoms with E-state index in [0.29, 0.717) is 12.0 Å². The van der Waals surface area contributed by atoms with Crippen molar-refractivity contribution in [2.24, 2.45) is 0 Å². The maximum absolute atomic E-state index is 11.5. The molecule has 0 amide bonds. The van der Waals surface area contributed by atoms with Crippen molar-refractivity contribution in [2.75, 3.05) is 0 Å². The predicted molar refractivity (Wildman–Crippen MR) is 94.6 cm³/mol. The molecular weight excluding hydrogens is 300 g/mol. The highest BCUT2D eigenvalue weighted by Gasteiger charge is 2.21. The molecule has 0 aliphatic heterocycles. The van der Waals surface area contributed by atoms with Gasteiger partial charge in [0.2, 0.25) is 0 Å². The number of benzene rings is 2. The van der Waals surface area contributed by atoms with Crippen molar-refractivity contribution >= 4 is 22.3 Å². The predicted octanol–water partition coefficient (Wildman–Crippen LogP) is 4.64. The van der Waals surface area contributed by atoms with Crippen LogP contribution in [0.3, 0.4) is 0 Å². The number of aromatic amines is 1. The lowest BCUT2D eigenvalue weighted by Crippen LogP contribution is -2.08. The number of aliphatic carboxylic acids is 1. The summed E-state index contributed by atoms with van der Waals surface area (Å²) >= 11 is 0. The first-order chi connectivity index (χ1) is 11.7. The highest BCUT2D eigenvalue weighted by Crippen LogP contribution is 2.33. The molecule has 4 heteroatoms. The molecule has 3 aromatic rings. The quantitative estimate of drug-likeness (QED) is 0.739. The van der Waals surface area contributed by atoms with E-state index in [0.717, 1.165) is 41.8 Å². The molecule has 1 aliphatic rings. The first kappa shape index (κ1) is 14.7. The summed E-state index contributed by atoms with van der Waals surface area (Å²) in [7, 11) is 0. The van der Waals surface area contributed by atoms with E-state index in [2.05, 4.69) is 40.5 Å². The van der Waals surface area contributed by atoms with Gasteiger partial charge < -0.3 is 5.11 Å².